The summed E-state index contributed by atoms with van der Waals surface area (Å²) in [5, 5.41) is 2.71. The predicted molar refractivity (Wildman–Crippen MR) is 81.6 cm³/mol. The van der Waals surface area contributed by atoms with Gasteiger partial charge in [-0.3, -0.25) is 9.00 Å². The van der Waals surface area contributed by atoms with Crippen molar-refractivity contribution in [2.24, 2.45) is 0 Å². The van der Waals surface area contributed by atoms with Crippen molar-refractivity contribution < 1.29 is 17.4 Å². The van der Waals surface area contributed by atoms with Crippen LogP contribution < -0.4 is 5.32 Å². The summed E-state index contributed by atoms with van der Waals surface area (Å²) < 4.78 is 35.4. The van der Waals surface area contributed by atoms with Gasteiger partial charge in [0.15, 0.2) is 0 Å². The molecule has 0 spiro atoms. The summed E-state index contributed by atoms with van der Waals surface area (Å²) in [5.74, 6) is 0.181. The molecule has 1 N–H and O–H groups in total. The fraction of sp³-hybridized carbons (Fsp3) is 0.583. The van der Waals surface area contributed by atoms with Gasteiger partial charge in [-0.05, 0) is 25.3 Å². The molecule has 0 aromatic carbocycles. The monoisotopic (exact) mass is 352 g/mol. The maximum absolute atomic E-state index is 12.1. The molecule has 1 aromatic heterocycles. The van der Waals surface area contributed by atoms with Crippen molar-refractivity contribution >= 4 is 36.4 Å². The Labute approximate surface area is 130 Å². The van der Waals surface area contributed by atoms with Crippen LogP contribution in [0.3, 0.4) is 0 Å². The lowest BCUT2D eigenvalue weighted by molar-refractivity contribution is 0.0944. The SMILES string of the molecule is CS(=O)CCCNC(=O)c1cc(S(=O)(=O)Cl)cn1C1CC1. The Balaban J connectivity index is 2.09. The van der Waals surface area contributed by atoms with Gasteiger partial charge in [0, 0.05) is 52.3 Å². The average Bonchev–Trinajstić information content (AvgIpc) is 3.11. The molecule has 1 amide bonds. The molecule has 0 bridgehead atoms. The standard InChI is InChI=1S/C12H17ClN2O4S2/c1-20(17)6-2-5-14-12(16)11-7-10(21(13,18)19)8-15(11)9-3-4-9/h7-9H,2-6H2,1H3,(H,14,16). The summed E-state index contributed by atoms with van der Waals surface area (Å²) >= 11 is 0. The lowest BCUT2D eigenvalue weighted by Crippen LogP contribution is -2.27. The van der Waals surface area contributed by atoms with E-state index in [9.17, 15) is 17.4 Å². The Morgan fingerprint density at radius 2 is 2.19 bits per heavy atom. The molecular weight excluding hydrogens is 336 g/mol. The molecule has 6 nitrogen and oxygen atoms in total. The van der Waals surface area contributed by atoms with Crippen molar-refractivity contribution in [2.45, 2.75) is 30.2 Å². The fourth-order valence-electron chi connectivity index (χ4n) is 1.99. The van der Waals surface area contributed by atoms with Crippen LogP contribution in [0.5, 0.6) is 0 Å². The number of nitrogens with one attached hydrogen (secondary N) is 1. The van der Waals surface area contributed by atoms with Crippen molar-refractivity contribution in [1.29, 1.82) is 0 Å². The predicted octanol–water partition coefficient (Wildman–Crippen LogP) is 1.25. The van der Waals surface area contributed by atoms with Crippen LogP contribution in [0.1, 0.15) is 35.8 Å². The van der Waals surface area contributed by atoms with E-state index in [1.165, 1.54) is 12.3 Å². The van der Waals surface area contributed by atoms with E-state index in [2.05, 4.69) is 5.32 Å². The Morgan fingerprint density at radius 1 is 1.52 bits per heavy atom. The van der Waals surface area contributed by atoms with Crippen LogP contribution in [0.15, 0.2) is 17.2 Å². The lowest BCUT2D eigenvalue weighted by atomic mass is 10.3. The first kappa shape index (κ1) is 16.5. The van der Waals surface area contributed by atoms with E-state index in [-0.39, 0.29) is 16.8 Å². The highest BCUT2D eigenvalue weighted by Gasteiger charge is 2.29. The normalized spacial score (nSPS) is 16.7. The van der Waals surface area contributed by atoms with E-state index >= 15 is 0 Å². The highest BCUT2D eigenvalue weighted by molar-refractivity contribution is 8.13. The number of rotatable bonds is 7. The molecule has 1 aliphatic rings. The molecule has 1 atom stereocenters. The molecule has 1 heterocycles. The molecule has 1 saturated carbocycles. The van der Waals surface area contributed by atoms with Crippen LogP contribution in [-0.4, -0.2) is 41.7 Å². The van der Waals surface area contributed by atoms with Gasteiger partial charge in [0.05, 0.1) is 0 Å². The fourth-order valence-corrected chi connectivity index (χ4v) is 3.29. The molecule has 9 heteroatoms. The van der Waals surface area contributed by atoms with Crippen LogP contribution in [-0.2, 0) is 19.9 Å². The molecule has 1 unspecified atom stereocenters. The lowest BCUT2D eigenvalue weighted by Gasteiger charge is -2.08. The van der Waals surface area contributed by atoms with Gasteiger partial charge in [0.1, 0.15) is 10.6 Å². The van der Waals surface area contributed by atoms with Gasteiger partial charge >= 0.3 is 0 Å². The summed E-state index contributed by atoms with van der Waals surface area (Å²) in [7, 11) is 0.592. The smallest absolute Gasteiger partial charge is 0.267 e. The summed E-state index contributed by atoms with van der Waals surface area (Å²) in [4.78, 5) is 12.1. The van der Waals surface area contributed by atoms with E-state index in [0.29, 0.717) is 24.4 Å². The Kier molecular flexibility index (Phi) is 5.11. The molecule has 1 aromatic rings. The van der Waals surface area contributed by atoms with Gasteiger partial charge < -0.3 is 9.88 Å². The topological polar surface area (TPSA) is 85.2 Å². The molecule has 1 fully saturated rings. The van der Waals surface area contributed by atoms with Crippen molar-refractivity contribution in [3.05, 3.63) is 18.0 Å². The first-order valence-corrected chi connectivity index (χ1v) is 10.6. The summed E-state index contributed by atoms with van der Waals surface area (Å²) in [6.45, 7) is 0.400. The second-order valence-corrected chi connectivity index (χ2v) is 9.14. The minimum atomic E-state index is -3.85. The zero-order valence-electron chi connectivity index (χ0n) is 11.5. The zero-order chi connectivity index (χ0) is 15.6. The van der Waals surface area contributed by atoms with Crippen LogP contribution in [0.4, 0.5) is 0 Å². The second-order valence-electron chi connectivity index (χ2n) is 5.02. The van der Waals surface area contributed by atoms with Gasteiger partial charge in [-0.25, -0.2) is 8.42 Å². The number of carbonyl (C=O) groups excluding carboxylic acids is 1. The van der Waals surface area contributed by atoms with Gasteiger partial charge in [-0.2, -0.15) is 0 Å². The number of hydrogen-bond acceptors (Lipinski definition) is 4. The largest absolute Gasteiger partial charge is 0.351 e. The van der Waals surface area contributed by atoms with Gasteiger partial charge in [0.25, 0.3) is 15.0 Å². The van der Waals surface area contributed by atoms with Gasteiger partial charge in [-0.15, -0.1) is 0 Å². The first-order chi connectivity index (χ1) is 9.79. The number of hydrogen-bond donors (Lipinski definition) is 1. The maximum atomic E-state index is 12.1. The highest BCUT2D eigenvalue weighted by Crippen LogP contribution is 2.37. The summed E-state index contributed by atoms with van der Waals surface area (Å²) in [6.07, 6.45) is 5.48. The average molecular weight is 353 g/mol. The van der Waals surface area contributed by atoms with Crippen molar-refractivity contribution in [3.8, 4) is 0 Å². The van der Waals surface area contributed by atoms with Crippen LogP contribution in [0.25, 0.3) is 0 Å². The van der Waals surface area contributed by atoms with Crippen molar-refractivity contribution in [2.75, 3.05) is 18.6 Å². The van der Waals surface area contributed by atoms with E-state index in [4.69, 9.17) is 10.7 Å². The third kappa shape index (κ3) is 4.55. The molecule has 21 heavy (non-hydrogen) atoms. The Hall–Kier alpha value is -0.860. The van der Waals surface area contributed by atoms with E-state index in [1.54, 1.807) is 10.8 Å². The number of carbonyl (C=O) groups is 1. The maximum Gasteiger partial charge on any atom is 0.267 e. The van der Waals surface area contributed by atoms with E-state index < -0.39 is 19.9 Å². The number of halogens is 1. The first-order valence-electron chi connectivity index (χ1n) is 6.54. The van der Waals surface area contributed by atoms with Crippen molar-refractivity contribution in [3.63, 3.8) is 0 Å². The second kappa shape index (κ2) is 6.50. The minimum Gasteiger partial charge on any atom is -0.351 e. The number of aromatic nitrogens is 1. The highest BCUT2D eigenvalue weighted by atomic mass is 35.7. The van der Waals surface area contributed by atoms with Gasteiger partial charge in [0.2, 0.25) is 0 Å². The third-order valence-electron chi connectivity index (χ3n) is 3.17. The molecule has 0 radical (unpaired) electrons. The molecule has 1 aliphatic carbocycles. The number of amides is 1. The zero-order valence-corrected chi connectivity index (χ0v) is 13.9. The third-order valence-corrected chi connectivity index (χ3v) is 5.36. The molecule has 0 saturated heterocycles. The van der Waals surface area contributed by atoms with Crippen LogP contribution in [0.2, 0.25) is 0 Å². The van der Waals surface area contributed by atoms with E-state index in [0.717, 1.165) is 12.8 Å². The van der Waals surface area contributed by atoms with Crippen LogP contribution in [0, 0.1) is 0 Å². The van der Waals surface area contributed by atoms with E-state index in [1.807, 2.05) is 0 Å². The number of nitrogens with zero attached hydrogens (tertiary/aromatic N) is 1. The molecule has 2 rings (SSSR count). The van der Waals surface area contributed by atoms with Crippen molar-refractivity contribution in [1.82, 2.24) is 9.88 Å². The Morgan fingerprint density at radius 3 is 2.71 bits per heavy atom. The molecule has 0 aliphatic heterocycles. The minimum absolute atomic E-state index is 0.0594. The van der Waals surface area contributed by atoms with Crippen LogP contribution >= 0.6 is 10.7 Å². The van der Waals surface area contributed by atoms with Gasteiger partial charge in [-0.1, -0.05) is 0 Å². The summed E-state index contributed by atoms with van der Waals surface area (Å²) in [6, 6.07) is 1.47. The quantitative estimate of drug-likeness (QED) is 0.591. The molecule has 118 valence electrons. The summed E-state index contributed by atoms with van der Waals surface area (Å²) in [5.41, 5.74) is 0.300. The Bertz CT molecular complexity index is 665. The molecular formula is C12H17ClN2O4S2.